The lowest BCUT2D eigenvalue weighted by Crippen LogP contribution is -1.92. The van der Waals surface area contributed by atoms with E-state index in [2.05, 4.69) is 24.3 Å². The van der Waals surface area contributed by atoms with Crippen LogP contribution >= 0.6 is 0 Å². The number of hydrogen-bond donors (Lipinski definition) is 1. The number of nitrogen functional groups attached to an aromatic ring is 1. The number of benzene rings is 4. The van der Waals surface area contributed by atoms with Crippen LogP contribution in [0.1, 0.15) is 5.56 Å². The van der Waals surface area contributed by atoms with E-state index in [4.69, 9.17) is 5.73 Å². The Labute approximate surface area is 110 Å². The topological polar surface area (TPSA) is 49.8 Å². The molecule has 0 aliphatic heterocycles. The van der Waals surface area contributed by atoms with Gasteiger partial charge in [-0.15, -0.1) is 0 Å². The highest BCUT2D eigenvalue weighted by atomic mass is 14.5. The monoisotopic (exact) mass is 242 g/mol. The van der Waals surface area contributed by atoms with E-state index in [-0.39, 0.29) is 0 Å². The molecule has 4 rings (SSSR count). The van der Waals surface area contributed by atoms with Crippen LogP contribution in [0.15, 0.2) is 48.5 Å². The molecular weight excluding hydrogens is 232 g/mol. The lowest BCUT2D eigenvalue weighted by atomic mass is 9.91. The van der Waals surface area contributed by atoms with Crippen molar-refractivity contribution in [3.05, 3.63) is 54.1 Å². The van der Waals surface area contributed by atoms with Gasteiger partial charge in [-0.2, -0.15) is 5.26 Å². The second kappa shape index (κ2) is 3.37. The molecule has 4 aromatic carbocycles. The summed E-state index contributed by atoms with van der Waals surface area (Å²) in [5.41, 5.74) is 7.49. The van der Waals surface area contributed by atoms with Crippen LogP contribution in [0.5, 0.6) is 0 Å². The molecule has 88 valence electrons. The van der Waals surface area contributed by atoms with Crippen molar-refractivity contribution in [3.63, 3.8) is 0 Å². The minimum absolute atomic E-state index is 0.684. The second-order valence-corrected chi connectivity index (χ2v) is 4.81. The average Bonchev–Trinajstić information content (AvgIpc) is 2.46. The molecule has 4 aromatic rings. The van der Waals surface area contributed by atoms with E-state index in [9.17, 15) is 5.26 Å². The van der Waals surface area contributed by atoms with E-state index in [1.807, 2.05) is 30.3 Å². The zero-order valence-corrected chi connectivity index (χ0v) is 10.1. The molecule has 0 radical (unpaired) electrons. The van der Waals surface area contributed by atoms with Crippen molar-refractivity contribution < 1.29 is 0 Å². The average molecular weight is 242 g/mol. The zero-order chi connectivity index (χ0) is 13.0. The third-order valence-electron chi connectivity index (χ3n) is 3.80. The van der Waals surface area contributed by atoms with Gasteiger partial charge in [-0.05, 0) is 33.7 Å². The number of nitrogens with zero attached hydrogens (tertiary/aromatic N) is 1. The summed E-state index contributed by atoms with van der Waals surface area (Å²) < 4.78 is 0. The van der Waals surface area contributed by atoms with Gasteiger partial charge in [-0.1, -0.05) is 36.4 Å². The maximum atomic E-state index is 9.36. The van der Waals surface area contributed by atoms with Gasteiger partial charge in [-0.3, -0.25) is 0 Å². The van der Waals surface area contributed by atoms with Crippen molar-refractivity contribution in [3.8, 4) is 6.07 Å². The molecular formula is C17H10N2. The third kappa shape index (κ3) is 1.19. The quantitative estimate of drug-likeness (QED) is 0.373. The predicted molar refractivity (Wildman–Crippen MR) is 79.3 cm³/mol. The van der Waals surface area contributed by atoms with Crippen LogP contribution < -0.4 is 5.73 Å². The van der Waals surface area contributed by atoms with Gasteiger partial charge in [0.15, 0.2) is 0 Å². The minimum Gasteiger partial charge on any atom is -0.398 e. The molecule has 0 aromatic heterocycles. The van der Waals surface area contributed by atoms with Gasteiger partial charge in [0.2, 0.25) is 0 Å². The lowest BCUT2D eigenvalue weighted by molar-refractivity contribution is 1.51. The fraction of sp³-hybridized carbons (Fsp3) is 0. The Bertz CT molecular complexity index is 977. The first kappa shape index (κ1) is 10.2. The van der Waals surface area contributed by atoms with Gasteiger partial charge >= 0.3 is 0 Å². The summed E-state index contributed by atoms with van der Waals surface area (Å²) in [6.45, 7) is 0. The predicted octanol–water partition coefficient (Wildman–Crippen LogP) is 4.04. The molecule has 2 heteroatoms. The Kier molecular flexibility index (Phi) is 1.80. The van der Waals surface area contributed by atoms with Crippen LogP contribution in [0, 0.1) is 11.3 Å². The van der Waals surface area contributed by atoms with Crippen molar-refractivity contribution in [2.24, 2.45) is 0 Å². The SMILES string of the molecule is N#Cc1cc2c(N)ccc3ccc4cccc1c4c32. The minimum atomic E-state index is 0.684. The first-order valence-electron chi connectivity index (χ1n) is 6.16. The Hall–Kier alpha value is -2.79. The molecule has 0 bridgehead atoms. The third-order valence-corrected chi connectivity index (χ3v) is 3.80. The van der Waals surface area contributed by atoms with Crippen LogP contribution in [0.25, 0.3) is 32.3 Å². The Balaban J connectivity index is 2.48. The summed E-state index contributed by atoms with van der Waals surface area (Å²) in [5.74, 6) is 0. The maximum absolute atomic E-state index is 9.36. The molecule has 0 amide bonds. The van der Waals surface area contributed by atoms with Crippen LogP contribution in [0.3, 0.4) is 0 Å². The summed E-state index contributed by atoms with van der Waals surface area (Å²) >= 11 is 0. The molecule has 0 spiro atoms. The summed E-state index contributed by atoms with van der Waals surface area (Å²) in [4.78, 5) is 0. The summed E-state index contributed by atoms with van der Waals surface area (Å²) in [6.07, 6.45) is 0. The molecule has 0 fully saturated rings. The fourth-order valence-corrected chi connectivity index (χ4v) is 2.93. The normalized spacial score (nSPS) is 11.3. The second-order valence-electron chi connectivity index (χ2n) is 4.81. The molecule has 2 nitrogen and oxygen atoms in total. The highest BCUT2D eigenvalue weighted by molar-refractivity contribution is 6.26. The molecule has 0 saturated carbocycles. The molecule has 2 N–H and O–H groups in total. The van der Waals surface area contributed by atoms with Crippen LogP contribution in [-0.2, 0) is 0 Å². The number of rotatable bonds is 0. The van der Waals surface area contributed by atoms with Crippen LogP contribution in [-0.4, -0.2) is 0 Å². The van der Waals surface area contributed by atoms with E-state index in [1.54, 1.807) is 0 Å². The Morgan fingerprint density at radius 3 is 2.32 bits per heavy atom. The van der Waals surface area contributed by atoms with Gasteiger partial charge < -0.3 is 5.73 Å². The number of nitrogens with two attached hydrogens (primary N) is 1. The maximum Gasteiger partial charge on any atom is 0.0998 e. The molecule has 0 unspecified atom stereocenters. The van der Waals surface area contributed by atoms with E-state index in [0.29, 0.717) is 5.56 Å². The fourth-order valence-electron chi connectivity index (χ4n) is 2.93. The van der Waals surface area contributed by atoms with Gasteiger partial charge in [0.25, 0.3) is 0 Å². The highest BCUT2D eigenvalue weighted by Crippen LogP contribution is 2.38. The molecule has 0 saturated heterocycles. The Morgan fingerprint density at radius 2 is 1.53 bits per heavy atom. The largest absolute Gasteiger partial charge is 0.398 e. The molecule has 0 aliphatic rings. The van der Waals surface area contributed by atoms with E-state index in [1.165, 1.54) is 0 Å². The Morgan fingerprint density at radius 1 is 0.842 bits per heavy atom. The van der Waals surface area contributed by atoms with Gasteiger partial charge in [0, 0.05) is 16.5 Å². The van der Waals surface area contributed by atoms with E-state index in [0.717, 1.165) is 38.0 Å². The van der Waals surface area contributed by atoms with Crippen molar-refractivity contribution in [1.29, 1.82) is 5.26 Å². The zero-order valence-electron chi connectivity index (χ0n) is 10.1. The highest BCUT2D eigenvalue weighted by Gasteiger charge is 2.12. The number of anilines is 1. The van der Waals surface area contributed by atoms with Crippen molar-refractivity contribution in [2.45, 2.75) is 0 Å². The van der Waals surface area contributed by atoms with Gasteiger partial charge in [0.1, 0.15) is 0 Å². The standard InChI is InChI=1S/C17H10N2/c18-9-12-8-14-15(19)7-6-11-5-4-10-2-1-3-13(12)16(10)17(11)14/h1-8H,19H2. The number of nitriles is 1. The summed E-state index contributed by atoms with van der Waals surface area (Å²) in [7, 11) is 0. The van der Waals surface area contributed by atoms with Crippen LogP contribution in [0.4, 0.5) is 5.69 Å². The van der Waals surface area contributed by atoms with Gasteiger partial charge in [-0.25, -0.2) is 0 Å². The first-order valence-corrected chi connectivity index (χ1v) is 6.16. The van der Waals surface area contributed by atoms with Crippen molar-refractivity contribution in [2.75, 3.05) is 5.73 Å². The van der Waals surface area contributed by atoms with Gasteiger partial charge in [0.05, 0.1) is 11.6 Å². The van der Waals surface area contributed by atoms with Crippen molar-refractivity contribution in [1.82, 2.24) is 0 Å². The summed E-state index contributed by atoms with van der Waals surface area (Å²) in [6, 6.07) is 18.4. The first-order chi connectivity index (χ1) is 9.29. The molecule has 19 heavy (non-hydrogen) atoms. The van der Waals surface area contributed by atoms with E-state index < -0.39 is 0 Å². The summed E-state index contributed by atoms with van der Waals surface area (Å²) in [5, 5.41) is 15.9. The molecule has 0 heterocycles. The van der Waals surface area contributed by atoms with Crippen LogP contribution in [0.2, 0.25) is 0 Å². The molecule has 0 atom stereocenters. The number of hydrogen-bond acceptors (Lipinski definition) is 2. The smallest absolute Gasteiger partial charge is 0.0998 e. The van der Waals surface area contributed by atoms with E-state index >= 15 is 0 Å². The lowest BCUT2D eigenvalue weighted by Gasteiger charge is -2.13. The molecule has 0 aliphatic carbocycles. The van der Waals surface area contributed by atoms with Crippen molar-refractivity contribution >= 4 is 38.0 Å².